The third-order valence-electron chi connectivity index (χ3n) is 3.11. The van der Waals surface area contributed by atoms with Crippen LogP contribution in [0.5, 0.6) is 0 Å². The fraction of sp³-hybridized carbons (Fsp3) is 0.462. The first-order chi connectivity index (χ1) is 7.27. The molecule has 1 heterocycles. The SMILES string of the molecule is CN1CCCC(=O)C1Cc1ccccc1. The fourth-order valence-electron chi connectivity index (χ4n) is 2.18. The lowest BCUT2D eigenvalue weighted by Gasteiger charge is -2.31. The first-order valence-corrected chi connectivity index (χ1v) is 5.54. The monoisotopic (exact) mass is 203 g/mol. The minimum Gasteiger partial charge on any atom is -0.298 e. The highest BCUT2D eigenvalue weighted by atomic mass is 16.1. The van der Waals surface area contributed by atoms with Crippen LogP contribution in [-0.2, 0) is 11.2 Å². The summed E-state index contributed by atoms with van der Waals surface area (Å²) in [4.78, 5) is 13.9. The number of carbonyl (C=O) groups excluding carboxylic acids is 1. The number of hydrogen-bond donors (Lipinski definition) is 0. The molecule has 1 aromatic rings. The van der Waals surface area contributed by atoms with Crippen LogP contribution in [-0.4, -0.2) is 30.3 Å². The number of carbonyl (C=O) groups is 1. The Labute approximate surface area is 90.9 Å². The lowest BCUT2D eigenvalue weighted by atomic mass is 9.95. The summed E-state index contributed by atoms with van der Waals surface area (Å²) in [5.41, 5.74) is 1.25. The predicted molar refractivity (Wildman–Crippen MR) is 60.8 cm³/mol. The topological polar surface area (TPSA) is 20.3 Å². The largest absolute Gasteiger partial charge is 0.298 e. The van der Waals surface area contributed by atoms with Gasteiger partial charge in [0.15, 0.2) is 0 Å². The highest BCUT2D eigenvalue weighted by molar-refractivity contribution is 5.84. The van der Waals surface area contributed by atoms with Gasteiger partial charge in [0.1, 0.15) is 5.78 Å². The number of hydrogen-bond acceptors (Lipinski definition) is 2. The Morgan fingerprint density at radius 3 is 2.73 bits per heavy atom. The first kappa shape index (κ1) is 10.4. The number of benzene rings is 1. The van der Waals surface area contributed by atoms with Crippen LogP contribution in [0.3, 0.4) is 0 Å². The molecule has 0 bridgehead atoms. The molecular weight excluding hydrogens is 186 g/mol. The van der Waals surface area contributed by atoms with Gasteiger partial charge in [-0.25, -0.2) is 0 Å². The average Bonchev–Trinajstić information content (AvgIpc) is 2.25. The zero-order valence-corrected chi connectivity index (χ0v) is 9.15. The predicted octanol–water partition coefficient (Wildman–Crippen LogP) is 1.89. The van der Waals surface area contributed by atoms with E-state index in [-0.39, 0.29) is 6.04 Å². The molecule has 0 radical (unpaired) electrons. The second-order valence-corrected chi connectivity index (χ2v) is 4.26. The lowest BCUT2D eigenvalue weighted by Crippen LogP contribution is -2.44. The maximum Gasteiger partial charge on any atom is 0.150 e. The molecule has 1 atom stereocenters. The molecule has 0 spiro atoms. The molecule has 15 heavy (non-hydrogen) atoms. The molecule has 0 aliphatic carbocycles. The van der Waals surface area contributed by atoms with E-state index in [9.17, 15) is 4.79 Å². The fourth-order valence-corrected chi connectivity index (χ4v) is 2.18. The molecule has 1 aromatic carbocycles. The third kappa shape index (κ3) is 2.45. The van der Waals surface area contributed by atoms with Crippen molar-refractivity contribution in [2.24, 2.45) is 0 Å². The van der Waals surface area contributed by atoms with Crippen molar-refractivity contribution in [3.05, 3.63) is 35.9 Å². The first-order valence-electron chi connectivity index (χ1n) is 5.54. The van der Waals surface area contributed by atoms with Gasteiger partial charge in [0, 0.05) is 6.42 Å². The normalized spacial score (nSPS) is 23.0. The smallest absolute Gasteiger partial charge is 0.150 e. The molecule has 2 heteroatoms. The van der Waals surface area contributed by atoms with Gasteiger partial charge in [-0.2, -0.15) is 0 Å². The van der Waals surface area contributed by atoms with Gasteiger partial charge in [-0.05, 0) is 32.0 Å². The summed E-state index contributed by atoms with van der Waals surface area (Å²) in [6.07, 6.45) is 2.62. The Bertz CT molecular complexity index is 334. The Hall–Kier alpha value is -1.15. The van der Waals surface area contributed by atoms with E-state index in [2.05, 4.69) is 17.0 Å². The highest BCUT2D eigenvalue weighted by Crippen LogP contribution is 2.16. The maximum absolute atomic E-state index is 11.8. The van der Waals surface area contributed by atoms with Gasteiger partial charge in [0.2, 0.25) is 0 Å². The van der Waals surface area contributed by atoms with Crippen LogP contribution in [0.1, 0.15) is 18.4 Å². The van der Waals surface area contributed by atoms with Gasteiger partial charge in [-0.15, -0.1) is 0 Å². The van der Waals surface area contributed by atoms with E-state index in [0.717, 1.165) is 25.8 Å². The average molecular weight is 203 g/mol. The van der Waals surface area contributed by atoms with Crippen molar-refractivity contribution in [1.29, 1.82) is 0 Å². The van der Waals surface area contributed by atoms with Crippen LogP contribution >= 0.6 is 0 Å². The van der Waals surface area contributed by atoms with Crippen LogP contribution in [0, 0.1) is 0 Å². The molecule has 1 saturated heterocycles. The Morgan fingerprint density at radius 1 is 1.33 bits per heavy atom. The molecule has 0 N–H and O–H groups in total. The number of piperidine rings is 1. The van der Waals surface area contributed by atoms with Crippen LogP contribution in [0.4, 0.5) is 0 Å². The number of likely N-dealkylation sites (N-methyl/N-ethyl adjacent to an activating group) is 1. The van der Waals surface area contributed by atoms with Gasteiger partial charge in [0.25, 0.3) is 0 Å². The molecule has 1 aliphatic heterocycles. The van der Waals surface area contributed by atoms with Gasteiger partial charge >= 0.3 is 0 Å². The van der Waals surface area contributed by atoms with E-state index in [4.69, 9.17) is 0 Å². The summed E-state index contributed by atoms with van der Waals surface area (Å²) in [6, 6.07) is 10.4. The Morgan fingerprint density at radius 2 is 2.07 bits per heavy atom. The summed E-state index contributed by atoms with van der Waals surface area (Å²) >= 11 is 0. The molecule has 1 fully saturated rings. The lowest BCUT2D eigenvalue weighted by molar-refractivity contribution is -0.126. The maximum atomic E-state index is 11.8. The van der Waals surface area contributed by atoms with E-state index in [1.165, 1.54) is 5.56 Å². The molecule has 2 nitrogen and oxygen atoms in total. The summed E-state index contributed by atoms with van der Waals surface area (Å²) in [6.45, 7) is 1.04. The second kappa shape index (κ2) is 4.58. The van der Waals surface area contributed by atoms with Crippen LogP contribution in [0.25, 0.3) is 0 Å². The van der Waals surface area contributed by atoms with Gasteiger partial charge < -0.3 is 0 Å². The van der Waals surface area contributed by atoms with E-state index < -0.39 is 0 Å². The zero-order chi connectivity index (χ0) is 10.7. The molecule has 0 amide bonds. The Kier molecular flexibility index (Phi) is 3.17. The van der Waals surface area contributed by atoms with Crippen LogP contribution in [0.15, 0.2) is 30.3 Å². The zero-order valence-electron chi connectivity index (χ0n) is 9.15. The van der Waals surface area contributed by atoms with Crippen molar-refractivity contribution in [3.63, 3.8) is 0 Å². The van der Waals surface area contributed by atoms with Crippen molar-refractivity contribution in [2.75, 3.05) is 13.6 Å². The van der Waals surface area contributed by atoms with Crippen LogP contribution < -0.4 is 0 Å². The number of nitrogens with zero attached hydrogens (tertiary/aromatic N) is 1. The van der Waals surface area contributed by atoms with Gasteiger partial charge in [-0.1, -0.05) is 30.3 Å². The van der Waals surface area contributed by atoms with E-state index in [1.54, 1.807) is 0 Å². The minimum atomic E-state index is 0.0983. The van der Waals surface area contributed by atoms with Crippen molar-refractivity contribution in [3.8, 4) is 0 Å². The molecule has 1 unspecified atom stereocenters. The number of rotatable bonds is 2. The Balaban J connectivity index is 2.07. The third-order valence-corrected chi connectivity index (χ3v) is 3.11. The minimum absolute atomic E-state index is 0.0983. The van der Waals surface area contributed by atoms with Crippen molar-refractivity contribution in [1.82, 2.24) is 4.90 Å². The summed E-state index contributed by atoms with van der Waals surface area (Å²) in [5, 5.41) is 0. The number of ketones is 1. The van der Waals surface area contributed by atoms with Crippen molar-refractivity contribution in [2.45, 2.75) is 25.3 Å². The molecule has 80 valence electrons. The highest BCUT2D eigenvalue weighted by Gasteiger charge is 2.26. The number of Topliss-reactive ketones (excluding diaryl/α,β-unsaturated/α-hetero) is 1. The molecule has 1 aliphatic rings. The van der Waals surface area contributed by atoms with E-state index in [0.29, 0.717) is 5.78 Å². The summed E-state index contributed by atoms with van der Waals surface area (Å²) < 4.78 is 0. The summed E-state index contributed by atoms with van der Waals surface area (Å²) in [7, 11) is 2.05. The van der Waals surface area contributed by atoms with Gasteiger partial charge in [-0.3, -0.25) is 9.69 Å². The molecule has 2 rings (SSSR count). The van der Waals surface area contributed by atoms with Crippen molar-refractivity contribution < 1.29 is 4.79 Å². The van der Waals surface area contributed by atoms with E-state index >= 15 is 0 Å². The standard InChI is InChI=1S/C13H17NO/c1-14-9-5-8-13(15)12(14)10-11-6-3-2-4-7-11/h2-4,6-7,12H,5,8-10H2,1H3. The van der Waals surface area contributed by atoms with Crippen LogP contribution in [0.2, 0.25) is 0 Å². The van der Waals surface area contributed by atoms with E-state index in [1.807, 2.05) is 25.2 Å². The quantitative estimate of drug-likeness (QED) is 0.731. The van der Waals surface area contributed by atoms with Gasteiger partial charge in [0.05, 0.1) is 6.04 Å². The second-order valence-electron chi connectivity index (χ2n) is 4.26. The van der Waals surface area contributed by atoms with Crippen molar-refractivity contribution >= 4 is 5.78 Å². The number of likely N-dealkylation sites (tertiary alicyclic amines) is 1. The molecule has 0 aromatic heterocycles. The molecular formula is C13H17NO. The molecule has 0 saturated carbocycles. The summed E-state index contributed by atoms with van der Waals surface area (Å²) in [5.74, 6) is 0.396.